The standard InChI is InChI=1S/C16H21N3OS/c20-15(12-19-10-4-1-5-11-19)17-9-8-16-18-13-6-2-3-7-14(13)21-16/h2-3,6-7H,1,4-5,8-12H2,(H,17,20). The van der Waals surface area contributed by atoms with Crippen LogP contribution in [0.2, 0.25) is 0 Å². The zero-order valence-corrected chi connectivity index (χ0v) is 13.0. The number of hydrogen-bond donors (Lipinski definition) is 1. The highest BCUT2D eigenvalue weighted by molar-refractivity contribution is 7.18. The molecular weight excluding hydrogens is 282 g/mol. The number of hydrogen-bond acceptors (Lipinski definition) is 4. The molecule has 1 aliphatic heterocycles. The third-order valence-corrected chi connectivity index (χ3v) is 4.91. The SMILES string of the molecule is O=C(CN1CCCCC1)NCCc1nc2ccccc2s1. The molecule has 1 amide bonds. The number of piperidine rings is 1. The van der Waals surface area contributed by atoms with Gasteiger partial charge in [-0.15, -0.1) is 11.3 Å². The van der Waals surface area contributed by atoms with Gasteiger partial charge in [0.15, 0.2) is 0 Å². The maximum Gasteiger partial charge on any atom is 0.234 e. The molecule has 0 aliphatic carbocycles. The molecule has 0 radical (unpaired) electrons. The van der Waals surface area contributed by atoms with Gasteiger partial charge in [-0.25, -0.2) is 4.98 Å². The Morgan fingerprint density at radius 1 is 1.24 bits per heavy atom. The van der Waals surface area contributed by atoms with E-state index in [1.807, 2.05) is 18.2 Å². The van der Waals surface area contributed by atoms with Gasteiger partial charge in [0.2, 0.25) is 5.91 Å². The monoisotopic (exact) mass is 303 g/mol. The zero-order valence-electron chi connectivity index (χ0n) is 12.2. The smallest absolute Gasteiger partial charge is 0.234 e. The topological polar surface area (TPSA) is 45.2 Å². The number of nitrogens with zero attached hydrogens (tertiary/aromatic N) is 2. The Labute approximate surface area is 129 Å². The highest BCUT2D eigenvalue weighted by Gasteiger charge is 2.13. The molecule has 0 saturated carbocycles. The van der Waals surface area contributed by atoms with Crippen molar-refractivity contribution in [2.45, 2.75) is 25.7 Å². The second-order valence-electron chi connectivity index (χ2n) is 5.51. The molecule has 2 aromatic rings. The maximum absolute atomic E-state index is 11.9. The van der Waals surface area contributed by atoms with Gasteiger partial charge >= 0.3 is 0 Å². The van der Waals surface area contributed by atoms with Crippen molar-refractivity contribution in [1.82, 2.24) is 15.2 Å². The third-order valence-electron chi connectivity index (χ3n) is 3.82. The van der Waals surface area contributed by atoms with Crippen LogP contribution >= 0.6 is 11.3 Å². The molecule has 0 atom stereocenters. The average Bonchev–Trinajstić information content (AvgIpc) is 2.91. The first-order valence-corrected chi connectivity index (χ1v) is 8.46. The number of carbonyl (C=O) groups excluding carboxylic acids is 1. The summed E-state index contributed by atoms with van der Waals surface area (Å²) in [6.07, 6.45) is 4.55. The number of aromatic nitrogens is 1. The lowest BCUT2D eigenvalue weighted by Crippen LogP contribution is -2.40. The third kappa shape index (κ3) is 4.02. The Balaban J connectivity index is 1.43. The molecule has 5 heteroatoms. The van der Waals surface area contributed by atoms with Crippen LogP contribution in [0.1, 0.15) is 24.3 Å². The molecule has 1 N–H and O–H groups in total. The van der Waals surface area contributed by atoms with Crippen LogP contribution in [0, 0.1) is 0 Å². The van der Waals surface area contributed by atoms with Gasteiger partial charge in [0.05, 0.1) is 21.8 Å². The summed E-state index contributed by atoms with van der Waals surface area (Å²) in [7, 11) is 0. The number of fused-ring (bicyclic) bond motifs is 1. The lowest BCUT2D eigenvalue weighted by atomic mass is 10.1. The average molecular weight is 303 g/mol. The molecule has 21 heavy (non-hydrogen) atoms. The molecule has 112 valence electrons. The van der Waals surface area contributed by atoms with Gasteiger partial charge in [0, 0.05) is 13.0 Å². The molecule has 1 saturated heterocycles. The van der Waals surface area contributed by atoms with Crippen LogP contribution < -0.4 is 5.32 Å². The van der Waals surface area contributed by atoms with E-state index in [9.17, 15) is 4.79 Å². The van der Waals surface area contributed by atoms with Gasteiger partial charge in [0.25, 0.3) is 0 Å². The lowest BCUT2D eigenvalue weighted by Gasteiger charge is -2.25. The summed E-state index contributed by atoms with van der Waals surface area (Å²) in [5.41, 5.74) is 1.05. The number of amides is 1. The van der Waals surface area contributed by atoms with Gasteiger partial charge in [-0.05, 0) is 38.1 Å². The highest BCUT2D eigenvalue weighted by Crippen LogP contribution is 2.21. The Morgan fingerprint density at radius 2 is 2.05 bits per heavy atom. The van der Waals surface area contributed by atoms with Gasteiger partial charge in [-0.2, -0.15) is 0 Å². The van der Waals surface area contributed by atoms with E-state index in [1.165, 1.54) is 24.0 Å². The van der Waals surface area contributed by atoms with Crippen molar-refractivity contribution < 1.29 is 4.79 Å². The first-order valence-electron chi connectivity index (χ1n) is 7.65. The lowest BCUT2D eigenvalue weighted by molar-refractivity contribution is -0.122. The molecule has 2 heterocycles. The quantitative estimate of drug-likeness (QED) is 0.923. The van der Waals surface area contributed by atoms with E-state index in [4.69, 9.17) is 0 Å². The first kappa shape index (κ1) is 14.5. The van der Waals surface area contributed by atoms with Crippen LogP contribution in [0.5, 0.6) is 0 Å². The molecule has 0 spiro atoms. The largest absolute Gasteiger partial charge is 0.355 e. The Kier molecular flexibility index (Phi) is 4.83. The molecule has 4 nitrogen and oxygen atoms in total. The minimum Gasteiger partial charge on any atom is -0.355 e. The molecule has 3 rings (SSSR count). The molecule has 1 aromatic carbocycles. The van der Waals surface area contributed by atoms with Crippen LogP contribution in [0.4, 0.5) is 0 Å². The van der Waals surface area contributed by atoms with E-state index in [1.54, 1.807) is 11.3 Å². The number of thiazole rings is 1. The fourth-order valence-electron chi connectivity index (χ4n) is 2.71. The highest BCUT2D eigenvalue weighted by atomic mass is 32.1. The summed E-state index contributed by atoms with van der Waals surface area (Å²) in [6, 6.07) is 8.16. The minimum absolute atomic E-state index is 0.137. The van der Waals surface area contributed by atoms with Crippen molar-refractivity contribution in [1.29, 1.82) is 0 Å². The predicted octanol–water partition coefficient (Wildman–Crippen LogP) is 2.44. The normalized spacial score (nSPS) is 16.2. The van der Waals surface area contributed by atoms with Gasteiger partial charge in [-0.1, -0.05) is 18.6 Å². The van der Waals surface area contributed by atoms with Crippen LogP contribution in [0.25, 0.3) is 10.2 Å². The minimum atomic E-state index is 0.137. The second kappa shape index (κ2) is 7.00. The molecule has 1 fully saturated rings. The number of nitrogens with one attached hydrogen (secondary N) is 1. The number of benzene rings is 1. The van der Waals surface area contributed by atoms with Crippen molar-refractivity contribution in [2.24, 2.45) is 0 Å². The Bertz CT molecular complexity index is 571. The van der Waals surface area contributed by atoms with Crippen LogP contribution in [-0.2, 0) is 11.2 Å². The summed E-state index contributed by atoms with van der Waals surface area (Å²) in [5, 5.41) is 4.10. The fraction of sp³-hybridized carbons (Fsp3) is 0.500. The number of rotatable bonds is 5. The van der Waals surface area contributed by atoms with E-state index in [0.29, 0.717) is 13.1 Å². The molecule has 0 bridgehead atoms. The Hall–Kier alpha value is -1.46. The zero-order chi connectivity index (χ0) is 14.5. The number of likely N-dealkylation sites (tertiary alicyclic amines) is 1. The van der Waals surface area contributed by atoms with Gasteiger partial charge in [0.1, 0.15) is 0 Å². The predicted molar refractivity (Wildman–Crippen MR) is 86.6 cm³/mol. The van der Waals surface area contributed by atoms with E-state index in [0.717, 1.165) is 30.0 Å². The van der Waals surface area contributed by atoms with Crippen molar-refractivity contribution in [3.63, 3.8) is 0 Å². The maximum atomic E-state index is 11.9. The molecule has 1 aliphatic rings. The Morgan fingerprint density at radius 3 is 2.86 bits per heavy atom. The number of para-hydroxylation sites is 1. The summed E-state index contributed by atoms with van der Waals surface area (Å²) >= 11 is 1.71. The summed E-state index contributed by atoms with van der Waals surface area (Å²) in [4.78, 5) is 18.7. The molecule has 1 aromatic heterocycles. The summed E-state index contributed by atoms with van der Waals surface area (Å²) in [5.74, 6) is 0.137. The van der Waals surface area contributed by atoms with Crippen molar-refractivity contribution in [3.8, 4) is 0 Å². The van der Waals surface area contributed by atoms with Crippen molar-refractivity contribution >= 4 is 27.5 Å². The van der Waals surface area contributed by atoms with Crippen LogP contribution in [0.3, 0.4) is 0 Å². The molecule has 0 unspecified atom stereocenters. The van der Waals surface area contributed by atoms with Crippen LogP contribution in [0.15, 0.2) is 24.3 Å². The number of carbonyl (C=O) groups is 1. The van der Waals surface area contributed by atoms with E-state index >= 15 is 0 Å². The van der Waals surface area contributed by atoms with Crippen molar-refractivity contribution in [2.75, 3.05) is 26.2 Å². The van der Waals surface area contributed by atoms with E-state index in [2.05, 4.69) is 21.3 Å². The summed E-state index contributed by atoms with van der Waals surface area (Å²) < 4.78 is 1.21. The summed E-state index contributed by atoms with van der Waals surface area (Å²) in [6.45, 7) is 3.34. The van der Waals surface area contributed by atoms with Crippen molar-refractivity contribution in [3.05, 3.63) is 29.3 Å². The van der Waals surface area contributed by atoms with E-state index < -0.39 is 0 Å². The van der Waals surface area contributed by atoms with Gasteiger partial charge < -0.3 is 5.32 Å². The first-order chi connectivity index (χ1) is 10.3. The molecular formula is C16H21N3OS. The fourth-order valence-corrected chi connectivity index (χ4v) is 3.68. The van der Waals surface area contributed by atoms with Gasteiger partial charge in [-0.3, -0.25) is 9.69 Å². The van der Waals surface area contributed by atoms with Crippen LogP contribution in [-0.4, -0.2) is 42.0 Å². The second-order valence-corrected chi connectivity index (χ2v) is 6.63. The van der Waals surface area contributed by atoms with E-state index in [-0.39, 0.29) is 5.91 Å².